The highest BCUT2D eigenvalue weighted by Gasteiger charge is 2.23. The number of carbonyl (C=O) groups is 1. The number of carbonyl (C=O) groups excluding carboxylic acids is 1. The maximum absolute atomic E-state index is 13.2. The number of aryl methyl sites for hydroxylation is 2. The first kappa shape index (κ1) is 20.1. The fraction of sp³-hybridized carbons (Fsp3) is 0.208. The Bertz CT molecular complexity index is 1200. The van der Waals surface area contributed by atoms with Crippen molar-refractivity contribution >= 4 is 28.5 Å². The molecular formula is C24H23ClN4O. The summed E-state index contributed by atoms with van der Waals surface area (Å²) in [5, 5.41) is 5.73. The van der Waals surface area contributed by atoms with Gasteiger partial charge in [0.1, 0.15) is 0 Å². The lowest BCUT2D eigenvalue weighted by Gasteiger charge is -2.21. The normalized spacial score (nSPS) is 11.1. The van der Waals surface area contributed by atoms with E-state index in [0.29, 0.717) is 34.7 Å². The van der Waals surface area contributed by atoms with E-state index in [9.17, 15) is 4.79 Å². The molecule has 0 unspecified atom stereocenters. The quantitative estimate of drug-likeness (QED) is 0.438. The van der Waals surface area contributed by atoms with Gasteiger partial charge in [-0.1, -0.05) is 59.6 Å². The summed E-state index contributed by atoms with van der Waals surface area (Å²) < 4.78 is 1.77. The minimum Gasteiger partial charge on any atom is -0.335 e. The predicted molar refractivity (Wildman–Crippen MR) is 120 cm³/mol. The number of rotatable bonds is 5. The first-order valence-electron chi connectivity index (χ1n) is 9.93. The monoisotopic (exact) mass is 418 g/mol. The van der Waals surface area contributed by atoms with Crippen molar-refractivity contribution in [2.24, 2.45) is 0 Å². The first-order valence-corrected chi connectivity index (χ1v) is 10.3. The molecule has 5 nitrogen and oxygen atoms in total. The second-order valence-electron chi connectivity index (χ2n) is 7.32. The highest BCUT2D eigenvalue weighted by molar-refractivity contribution is 6.38. The van der Waals surface area contributed by atoms with E-state index >= 15 is 0 Å². The highest BCUT2D eigenvalue weighted by atomic mass is 35.5. The van der Waals surface area contributed by atoms with Gasteiger partial charge in [0, 0.05) is 19.3 Å². The molecule has 0 saturated carbocycles. The number of halogens is 1. The summed E-state index contributed by atoms with van der Waals surface area (Å²) in [7, 11) is 0. The summed E-state index contributed by atoms with van der Waals surface area (Å²) in [6.45, 7) is 6.98. The molecule has 6 heteroatoms. The number of hydrogen-bond acceptors (Lipinski definition) is 3. The van der Waals surface area contributed by atoms with E-state index < -0.39 is 0 Å². The van der Waals surface area contributed by atoms with Gasteiger partial charge < -0.3 is 4.90 Å². The molecule has 4 aromatic rings. The van der Waals surface area contributed by atoms with Crippen LogP contribution in [0.15, 0.2) is 60.8 Å². The van der Waals surface area contributed by atoms with Crippen LogP contribution in [0.2, 0.25) is 5.02 Å². The third-order valence-electron chi connectivity index (χ3n) is 5.20. The Balaban J connectivity index is 1.73. The molecule has 4 rings (SSSR count). The zero-order valence-corrected chi connectivity index (χ0v) is 18.0. The van der Waals surface area contributed by atoms with E-state index in [1.165, 1.54) is 5.56 Å². The number of pyridine rings is 1. The maximum atomic E-state index is 13.2. The molecule has 0 spiro atoms. The van der Waals surface area contributed by atoms with Crippen LogP contribution in [-0.2, 0) is 6.54 Å². The molecule has 0 fully saturated rings. The van der Waals surface area contributed by atoms with Gasteiger partial charge in [-0.05, 0) is 38.5 Å². The van der Waals surface area contributed by atoms with Gasteiger partial charge in [-0.2, -0.15) is 5.10 Å². The Labute approximate surface area is 180 Å². The summed E-state index contributed by atoms with van der Waals surface area (Å²) in [6.07, 6.45) is 1.56. The minimum absolute atomic E-state index is 0.136. The Morgan fingerprint density at radius 1 is 1.07 bits per heavy atom. The van der Waals surface area contributed by atoms with Crippen molar-refractivity contribution in [2.45, 2.75) is 27.3 Å². The smallest absolute Gasteiger partial charge is 0.257 e. The largest absolute Gasteiger partial charge is 0.335 e. The summed E-state index contributed by atoms with van der Waals surface area (Å²) in [5.74, 6) is -0.136. The van der Waals surface area contributed by atoms with Crippen LogP contribution in [0.1, 0.15) is 34.1 Å². The number of aromatic nitrogens is 3. The van der Waals surface area contributed by atoms with Gasteiger partial charge in [0.25, 0.3) is 5.91 Å². The van der Waals surface area contributed by atoms with E-state index in [0.717, 1.165) is 16.9 Å². The summed E-state index contributed by atoms with van der Waals surface area (Å²) >= 11 is 6.73. The lowest BCUT2D eigenvalue weighted by atomic mass is 10.1. The van der Waals surface area contributed by atoms with Crippen molar-refractivity contribution in [2.75, 3.05) is 6.54 Å². The molecular weight excluding hydrogens is 396 g/mol. The molecule has 0 aliphatic heterocycles. The zero-order chi connectivity index (χ0) is 21.3. The van der Waals surface area contributed by atoms with Gasteiger partial charge in [-0.25, -0.2) is 9.67 Å². The molecule has 0 atom stereocenters. The van der Waals surface area contributed by atoms with Gasteiger partial charge in [-0.15, -0.1) is 0 Å². The first-order chi connectivity index (χ1) is 14.5. The molecule has 1 amide bonds. The summed E-state index contributed by atoms with van der Waals surface area (Å²) in [5.41, 5.74) is 4.92. The third-order valence-corrected chi connectivity index (χ3v) is 5.59. The van der Waals surface area contributed by atoms with E-state index in [4.69, 9.17) is 11.6 Å². The van der Waals surface area contributed by atoms with Crippen molar-refractivity contribution < 1.29 is 4.79 Å². The third kappa shape index (κ3) is 3.68. The van der Waals surface area contributed by atoms with Gasteiger partial charge in [0.15, 0.2) is 5.65 Å². The van der Waals surface area contributed by atoms with Crippen LogP contribution >= 0.6 is 11.6 Å². The lowest BCUT2D eigenvalue weighted by molar-refractivity contribution is 0.0752. The Kier molecular flexibility index (Phi) is 5.55. The minimum atomic E-state index is -0.136. The van der Waals surface area contributed by atoms with E-state index in [2.05, 4.69) is 10.1 Å². The Morgan fingerprint density at radius 3 is 2.43 bits per heavy atom. The van der Waals surface area contributed by atoms with Crippen LogP contribution in [0, 0.1) is 13.8 Å². The average molecular weight is 419 g/mol. The van der Waals surface area contributed by atoms with Crippen LogP contribution in [0.25, 0.3) is 16.7 Å². The molecule has 0 saturated heterocycles. The Morgan fingerprint density at radius 2 is 1.77 bits per heavy atom. The molecule has 0 radical (unpaired) electrons. The standard InChI is InChI=1S/C24H23ClN4O/c1-4-28(15-18-8-6-5-7-9-18)24(30)20-14-26-23-21(22(20)25)17(3)27-29(23)19-12-10-16(2)11-13-19/h5-14H,4,15H2,1-3H3. The molecule has 0 N–H and O–H groups in total. The van der Waals surface area contributed by atoms with Gasteiger partial charge in [0.2, 0.25) is 0 Å². The molecule has 0 aliphatic carbocycles. The van der Waals surface area contributed by atoms with Crippen molar-refractivity contribution in [3.8, 4) is 5.69 Å². The predicted octanol–water partition coefficient (Wildman–Crippen LogP) is 5.35. The van der Waals surface area contributed by atoms with Crippen LogP contribution in [-0.4, -0.2) is 32.1 Å². The van der Waals surface area contributed by atoms with Crippen molar-refractivity contribution in [1.29, 1.82) is 0 Å². The van der Waals surface area contributed by atoms with Crippen molar-refractivity contribution in [1.82, 2.24) is 19.7 Å². The summed E-state index contributed by atoms with van der Waals surface area (Å²) in [6, 6.07) is 18.0. The molecule has 0 bridgehead atoms. The molecule has 30 heavy (non-hydrogen) atoms. The zero-order valence-electron chi connectivity index (χ0n) is 17.3. The molecule has 2 heterocycles. The Hall–Kier alpha value is -3.18. The number of hydrogen-bond donors (Lipinski definition) is 0. The van der Waals surface area contributed by atoms with Crippen LogP contribution in [0.4, 0.5) is 0 Å². The van der Waals surface area contributed by atoms with Crippen molar-refractivity contribution in [3.05, 3.63) is 88.2 Å². The van der Waals surface area contributed by atoms with Crippen LogP contribution in [0.3, 0.4) is 0 Å². The number of benzene rings is 2. The molecule has 0 aliphatic rings. The lowest BCUT2D eigenvalue weighted by Crippen LogP contribution is -2.30. The van der Waals surface area contributed by atoms with Gasteiger partial charge in [0.05, 0.1) is 27.4 Å². The second kappa shape index (κ2) is 8.28. The van der Waals surface area contributed by atoms with Crippen molar-refractivity contribution in [3.63, 3.8) is 0 Å². The topological polar surface area (TPSA) is 51.0 Å². The van der Waals surface area contributed by atoms with Crippen LogP contribution in [0.5, 0.6) is 0 Å². The maximum Gasteiger partial charge on any atom is 0.257 e. The van der Waals surface area contributed by atoms with E-state index in [-0.39, 0.29) is 5.91 Å². The fourth-order valence-electron chi connectivity index (χ4n) is 3.52. The number of fused-ring (bicyclic) bond motifs is 1. The van der Waals surface area contributed by atoms with Gasteiger partial charge >= 0.3 is 0 Å². The molecule has 152 valence electrons. The highest BCUT2D eigenvalue weighted by Crippen LogP contribution is 2.31. The molecule has 2 aromatic heterocycles. The van der Waals surface area contributed by atoms with E-state index in [1.807, 2.05) is 75.4 Å². The van der Waals surface area contributed by atoms with Gasteiger partial charge in [-0.3, -0.25) is 4.79 Å². The number of amides is 1. The van der Waals surface area contributed by atoms with Crippen LogP contribution < -0.4 is 0 Å². The van der Waals surface area contributed by atoms with E-state index in [1.54, 1.807) is 15.8 Å². The number of nitrogens with zero attached hydrogens (tertiary/aromatic N) is 4. The SMILES string of the molecule is CCN(Cc1ccccc1)C(=O)c1cnc2c(c(C)nn2-c2ccc(C)cc2)c1Cl. The molecule has 2 aromatic carbocycles. The summed E-state index contributed by atoms with van der Waals surface area (Å²) in [4.78, 5) is 19.6. The second-order valence-corrected chi connectivity index (χ2v) is 7.70. The average Bonchev–Trinajstić information content (AvgIpc) is 3.10. The fourth-order valence-corrected chi connectivity index (χ4v) is 3.88.